The van der Waals surface area contributed by atoms with Crippen molar-refractivity contribution in [3.63, 3.8) is 0 Å². The number of nitrogens with one attached hydrogen (secondary N) is 2. The van der Waals surface area contributed by atoms with E-state index in [2.05, 4.69) is 22.8 Å². The predicted molar refractivity (Wildman–Crippen MR) is 142 cm³/mol. The molecular formula is C30H32N2O4. The standard InChI is InChI=1S/C30H32N2O4/c1-4-35-22-13-10-19(11-14-22)21-16-25-29(26(33)17-21)30(32-24-9-7-6-8-23(24)31-25)20-12-15-27(36-5-2)28(18-20)34-3/h6-15,18,21,30-32H,4-5,16-17H2,1-3H3. The number of carbonyl (C=O) groups excluding carboxylic acids is 1. The quantitative estimate of drug-likeness (QED) is 0.400. The number of methoxy groups -OCH3 is 1. The number of anilines is 2. The van der Waals surface area contributed by atoms with Crippen LogP contribution in [0.15, 0.2) is 78.0 Å². The number of benzene rings is 3. The van der Waals surface area contributed by atoms with Crippen molar-refractivity contribution < 1.29 is 19.0 Å². The van der Waals surface area contributed by atoms with Gasteiger partial charge in [0.2, 0.25) is 0 Å². The molecule has 5 rings (SSSR count). The van der Waals surface area contributed by atoms with Gasteiger partial charge in [-0.15, -0.1) is 0 Å². The number of rotatable bonds is 7. The van der Waals surface area contributed by atoms with Crippen molar-refractivity contribution in [1.82, 2.24) is 0 Å². The Bertz CT molecular complexity index is 1280. The Kier molecular flexibility index (Phi) is 6.85. The highest BCUT2D eigenvalue weighted by molar-refractivity contribution is 6.01. The normalized spacial score (nSPS) is 18.8. The molecular weight excluding hydrogens is 452 g/mol. The maximum atomic E-state index is 13.8. The van der Waals surface area contributed by atoms with Crippen LogP contribution in [0.5, 0.6) is 17.2 Å². The summed E-state index contributed by atoms with van der Waals surface area (Å²) < 4.78 is 16.9. The molecule has 1 heterocycles. The van der Waals surface area contributed by atoms with E-state index in [-0.39, 0.29) is 17.7 Å². The Balaban J connectivity index is 1.55. The molecule has 6 heteroatoms. The first-order chi connectivity index (χ1) is 17.6. The van der Waals surface area contributed by atoms with Crippen LogP contribution in [0.2, 0.25) is 0 Å². The SMILES string of the molecule is CCOc1ccc(C2CC(=O)C3=C(C2)Nc2ccccc2NC3c2ccc(OCC)c(OC)c2)cc1. The van der Waals surface area contributed by atoms with Crippen molar-refractivity contribution in [3.8, 4) is 17.2 Å². The molecule has 2 aliphatic rings. The van der Waals surface area contributed by atoms with E-state index in [9.17, 15) is 4.79 Å². The third-order valence-corrected chi connectivity index (χ3v) is 6.79. The van der Waals surface area contributed by atoms with Gasteiger partial charge in [-0.25, -0.2) is 0 Å². The molecule has 0 spiro atoms. The minimum atomic E-state index is -0.311. The lowest BCUT2D eigenvalue weighted by atomic mass is 9.78. The topological polar surface area (TPSA) is 68.8 Å². The Labute approximate surface area is 212 Å². The van der Waals surface area contributed by atoms with Gasteiger partial charge in [0.1, 0.15) is 5.75 Å². The maximum Gasteiger partial charge on any atom is 0.163 e. The van der Waals surface area contributed by atoms with Crippen LogP contribution in [0.25, 0.3) is 0 Å². The molecule has 0 bridgehead atoms. The first-order valence-corrected chi connectivity index (χ1v) is 12.5. The van der Waals surface area contributed by atoms with Crippen molar-refractivity contribution in [2.24, 2.45) is 0 Å². The Morgan fingerprint density at radius 1 is 0.833 bits per heavy atom. The first kappa shape index (κ1) is 23.8. The third kappa shape index (κ3) is 4.63. The predicted octanol–water partition coefficient (Wildman–Crippen LogP) is 6.47. The van der Waals surface area contributed by atoms with Crippen LogP contribution in [0.4, 0.5) is 11.4 Å². The van der Waals surface area contributed by atoms with Crippen LogP contribution in [0.3, 0.4) is 0 Å². The Morgan fingerprint density at radius 3 is 2.28 bits per heavy atom. The number of carbonyl (C=O) groups is 1. The Hall–Kier alpha value is -3.93. The van der Waals surface area contributed by atoms with Gasteiger partial charge in [-0.2, -0.15) is 0 Å². The van der Waals surface area contributed by atoms with E-state index < -0.39 is 0 Å². The van der Waals surface area contributed by atoms with E-state index in [0.29, 0.717) is 31.1 Å². The summed E-state index contributed by atoms with van der Waals surface area (Å²) in [4.78, 5) is 13.8. The second-order valence-electron chi connectivity index (χ2n) is 9.01. The largest absolute Gasteiger partial charge is 0.494 e. The number of hydrogen-bond acceptors (Lipinski definition) is 6. The molecule has 6 nitrogen and oxygen atoms in total. The van der Waals surface area contributed by atoms with Crippen LogP contribution in [0.1, 0.15) is 49.8 Å². The Morgan fingerprint density at radius 2 is 1.56 bits per heavy atom. The van der Waals surface area contributed by atoms with E-state index in [0.717, 1.165) is 45.9 Å². The zero-order valence-corrected chi connectivity index (χ0v) is 21.0. The summed E-state index contributed by atoms with van der Waals surface area (Å²) in [5, 5.41) is 7.23. The minimum Gasteiger partial charge on any atom is -0.494 e. The molecule has 36 heavy (non-hydrogen) atoms. The molecule has 0 saturated heterocycles. The molecule has 3 aromatic carbocycles. The lowest BCUT2D eigenvalue weighted by Crippen LogP contribution is -2.26. The van der Waals surface area contributed by atoms with Crippen molar-refractivity contribution in [2.45, 2.75) is 38.6 Å². The molecule has 0 amide bonds. The number of hydrogen-bond donors (Lipinski definition) is 2. The monoisotopic (exact) mass is 484 g/mol. The molecule has 1 aliphatic carbocycles. The van der Waals surface area contributed by atoms with E-state index in [1.807, 2.05) is 68.4 Å². The molecule has 0 radical (unpaired) electrons. The molecule has 0 aromatic heterocycles. The summed E-state index contributed by atoms with van der Waals surface area (Å²) in [6, 6.07) is 21.8. The minimum absolute atomic E-state index is 0.0974. The van der Waals surface area contributed by atoms with E-state index in [4.69, 9.17) is 14.2 Å². The van der Waals surface area contributed by atoms with Crippen LogP contribution in [0, 0.1) is 0 Å². The van der Waals surface area contributed by atoms with Gasteiger partial charge in [-0.05, 0) is 73.7 Å². The number of Topliss-reactive ketones (excluding diaryl/α,β-unsaturated/α-hetero) is 1. The van der Waals surface area contributed by atoms with Crippen LogP contribution >= 0.6 is 0 Å². The van der Waals surface area contributed by atoms with E-state index in [1.54, 1.807) is 7.11 Å². The van der Waals surface area contributed by atoms with Gasteiger partial charge in [-0.3, -0.25) is 4.79 Å². The van der Waals surface area contributed by atoms with Crippen LogP contribution < -0.4 is 24.8 Å². The molecule has 1 aliphatic heterocycles. The van der Waals surface area contributed by atoms with Gasteiger partial charge in [0.15, 0.2) is 17.3 Å². The molecule has 2 atom stereocenters. The van der Waals surface area contributed by atoms with Crippen LogP contribution in [-0.2, 0) is 4.79 Å². The summed E-state index contributed by atoms with van der Waals surface area (Å²) in [6.45, 7) is 5.10. The number of fused-ring (bicyclic) bond motifs is 1. The zero-order chi connectivity index (χ0) is 25.1. The molecule has 3 aromatic rings. The van der Waals surface area contributed by atoms with Crippen molar-refractivity contribution >= 4 is 17.2 Å². The first-order valence-electron chi connectivity index (χ1n) is 12.5. The highest BCUT2D eigenvalue weighted by Gasteiger charge is 2.36. The van der Waals surface area contributed by atoms with Crippen molar-refractivity contribution in [2.75, 3.05) is 31.0 Å². The highest BCUT2D eigenvalue weighted by atomic mass is 16.5. The summed E-state index contributed by atoms with van der Waals surface area (Å²) in [6.07, 6.45) is 1.20. The van der Waals surface area contributed by atoms with Gasteiger partial charge in [0.25, 0.3) is 0 Å². The molecule has 186 valence electrons. The second-order valence-corrected chi connectivity index (χ2v) is 9.01. The fourth-order valence-corrected chi connectivity index (χ4v) is 5.12. The smallest absolute Gasteiger partial charge is 0.163 e. The van der Waals surface area contributed by atoms with E-state index >= 15 is 0 Å². The lowest BCUT2D eigenvalue weighted by molar-refractivity contribution is -0.116. The van der Waals surface area contributed by atoms with E-state index in [1.165, 1.54) is 0 Å². The van der Waals surface area contributed by atoms with Crippen molar-refractivity contribution in [3.05, 3.63) is 89.1 Å². The molecule has 2 N–H and O–H groups in total. The second kappa shape index (κ2) is 10.4. The van der Waals surface area contributed by atoms with Crippen molar-refractivity contribution in [1.29, 1.82) is 0 Å². The number of para-hydroxylation sites is 2. The molecule has 0 fully saturated rings. The maximum absolute atomic E-state index is 13.8. The average molecular weight is 485 g/mol. The number of ether oxygens (including phenoxy) is 3. The van der Waals surface area contributed by atoms with Gasteiger partial charge in [-0.1, -0.05) is 30.3 Å². The third-order valence-electron chi connectivity index (χ3n) is 6.79. The fourth-order valence-electron chi connectivity index (χ4n) is 5.12. The molecule has 2 unspecified atom stereocenters. The highest BCUT2D eigenvalue weighted by Crippen LogP contribution is 2.45. The van der Waals surface area contributed by atoms with Gasteiger partial charge in [0, 0.05) is 17.7 Å². The molecule has 0 saturated carbocycles. The summed E-state index contributed by atoms with van der Waals surface area (Å²) in [5.41, 5.74) is 5.75. The van der Waals surface area contributed by atoms with Gasteiger partial charge < -0.3 is 24.8 Å². The summed E-state index contributed by atoms with van der Waals surface area (Å²) >= 11 is 0. The number of allylic oxidation sites excluding steroid dienone is 1. The number of ketones is 1. The fraction of sp³-hybridized carbons (Fsp3) is 0.300. The van der Waals surface area contributed by atoms with Crippen LogP contribution in [-0.4, -0.2) is 26.1 Å². The summed E-state index contributed by atoms with van der Waals surface area (Å²) in [7, 11) is 1.64. The van der Waals surface area contributed by atoms with Gasteiger partial charge >= 0.3 is 0 Å². The average Bonchev–Trinajstić information content (AvgIpc) is 3.07. The zero-order valence-electron chi connectivity index (χ0n) is 21.0. The van der Waals surface area contributed by atoms with Gasteiger partial charge in [0.05, 0.1) is 37.7 Å². The lowest BCUT2D eigenvalue weighted by Gasteiger charge is -2.30. The summed E-state index contributed by atoms with van der Waals surface area (Å²) in [5.74, 6) is 2.43.